The van der Waals surface area contributed by atoms with Crippen molar-refractivity contribution < 1.29 is 4.79 Å². The van der Waals surface area contributed by atoms with Crippen molar-refractivity contribution in [2.24, 2.45) is 0 Å². The highest BCUT2D eigenvalue weighted by molar-refractivity contribution is 6.04. The molecule has 130 valence electrons. The molecule has 1 aromatic carbocycles. The second-order valence-corrected chi connectivity index (χ2v) is 6.35. The van der Waals surface area contributed by atoms with Gasteiger partial charge in [-0.05, 0) is 36.4 Å². The highest BCUT2D eigenvalue weighted by Gasteiger charge is 2.15. The Balaban J connectivity index is 1.53. The van der Waals surface area contributed by atoms with Crippen LogP contribution in [0.3, 0.4) is 0 Å². The summed E-state index contributed by atoms with van der Waals surface area (Å²) in [6.45, 7) is 3.71. The van der Waals surface area contributed by atoms with Crippen LogP contribution in [0.25, 0.3) is 0 Å². The average Bonchev–Trinajstić information content (AvgIpc) is 2.67. The van der Waals surface area contributed by atoms with Gasteiger partial charge in [0.15, 0.2) is 5.78 Å². The van der Waals surface area contributed by atoms with E-state index in [4.69, 9.17) is 0 Å². The monoisotopic (exact) mass is 336 g/mol. The van der Waals surface area contributed by atoms with E-state index >= 15 is 0 Å². The zero-order chi connectivity index (χ0) is 17.6. The molecule has 1 aliphatic heterocycles. The summed E-state index contributed by atoms with van der Waals surface area (Å²) >= 11 is 0. The first-order valence-electron chi connectivity index (χ1n) is 8.52. The first-order chi connectivity index (χ1) is 12.1. The molecule has 0 amide bonds. The van der Waals surface area contributed by atoms with Gasteiger partial charge in [0.05, 0.1) is 0 Å². The highest BCUT2D eigenvalue weighted by Crippen LogP contribution is 2.15. The molecule has 0 N–H and O–H groups in total. The van der Waals surface area contributed by atoms with Crippen LogP contribution in [0.1, 0.15) is 10.4 Å². The van der Waals surface area contributed by atoms with Crippen molar-refractivity contribution in [3.63, 3.8) is 0 Å². The van der Waals surface area contributed by atoms with Gasteiger partial charge in [0.1, 0.15) is 0 Å². The van der Waals surface area contributed by atoms with Gasteiger partial charge in [0, 0.05) is 81.9 Å². The third-order valence-corrected chi connectivity index (χ3v) is 4.45. The van der Waals surface area contributed by atoms with E-state index < -0.39 is 0 Å². The maximum absolute atomic E-state index is 12.3. The van der Waals surface area contributed by atoms with Crippen molar-refractivity contribution in [2.45, 2.75) is 0 Å². The minimum Gasteiger partial charge on any atom is -0.378 e. The maximum Gasteiger partial charge on any atom is 0.187 e. The lowest BCUT2D eigenvalue weighted by molar-refractivity contribution is 0.104. The van der Waals surface area contributed by atoms with Gasteiger partial charge >= 0.3 is 0 Å². The van der Waals surface area contributed by atoms with Crippen molar-refractivity contribution in [1.82, 2.24) is 9.88 Å². The zero-order valence-corrected chi connectivity index (χ0v) is 14.8. The van der Waals surface area contributed by atoms with Gasteiger partial charge in [0.25, 0.3) is 0 Å². The summed E-state index contributed by atoms with van der Waals surface area (Å²) in [4.78, 5) is 22.9. The number of benzene rings is 1. The largest absolute Gasteiger partial charge is 0.378 e. The molecule has 1 saturated heterocycles. The molecule has 0 aliphatic carbocycles. The number of allylic oxidation sites excluding steroid dienone is 1. The Morgan fingerprint density at radius 1 is 1.00 bits per heavy atom. The second kappa shape index (κ2) is 7.83. The van der Waals surface area contributed by atoms with Gasteiger partial charge in [0.2, 0.25) is 0 Å². The maximum atomic E-state index is 12.3. The quantitative estimate of drug-likeness (QED) is 0.620. The van der Waals surface area contributed by atoms with Crippen LogP contribution < -0.4 is 9.80 Å². The van der Waals surface area contributed by atoms with Crippen molar-refractivity contribution in [3.05, 3.63) is 66.6 Å². The number of rotatable bonds is 5. The van der Waals surface area contributed by atoms with E-state index in [2.05, 4.69) is 14.8 Å². The van der Waals surface area contributed by atoms with E-state index in [0.717, 1.165) is 37.4 Å². The Morgan fingerprint density at radius 2 is 1.64 bits per heavy atom. The minimum atomic E-state index is 0.0434. The molecule has 1 aromatic heterocycles. The molecular weight excluding hydrogens is 312 g/mol. The van der Waals surface area contributed by atoms with Crippen LogP contribution in [-0.2, 0) is 0 Å². The number of carbonyl (C=O) groups excluding carboxylic acids is 1. The Hall–Kier alpha value is -2.82. The van der Waals surface area contributed by atoms with Gasteiger partial charge in [-0.3, -0.25) is 9.78 Å². The minimum absolute atomic E-state index is 0.0434. The first-order valence-corrected chi connectivity index (χ1v) is 8.52. The van der Waals surface area contributed by atoms with E-state index in [1.54, 1.807) is 6.08 Å². The number of pyridine rings is 1. The van der Waals surface area contributed by atoms with Crippen LogP contribution in [-0.4, -0.2) is 55.9 Å². The van der Waals surface area contributed by atoms with Crippen molar-refractivity contribution in [3.8, 4) is 0 Å². The molecule has 0 saturated carbocycles. The predicted molar refractivity (Wildman–Crippen MR) is 102 cm³/mol. The van der Waals surface area contributed by atoms with Gasteiger partial charge < -0.3 is 14.7 Å². The molecule has 5 heteroatoms. The number of hydrogen-bond acceptors (Lipinski definition) is 5. The molecule has 25 heavy (non-hydrogen) atoms. The van der Waals surface area contributed by atoms with E-state index in [1.165, 1.54) is 5.69 Å². The number of carbonyl (C=O) groups is 1. The summed E-state index contributed by atoms with van der Waals surface area (Å²) in [5, 5.41) is 0. The molecule has 1 aliphatic rings. The lowest BCUT2D eigenvalue weighted by Gasteiger charge is -2.35. The van der Waals surface area contributed by atoms with Crippen LogP contribution in [0.2, 0.25) is 0 Å². The SMILES string of the molecule is CN(C)c1ccc(C(=O)C=CN2CCN(c3ccncc3)CC2)cc1. The van der Waals surface area contributed by atoms with E-state index in [-0.39, 0.29) is 5.78 Å². The smallest absolute Gasteiger partial charge is 0.187 e. The molecule has 5 nitrogen and oxygen atoms in total. The molecule has 2 aromatic rings. The van der Waals surface area contributed by atoms with E-state index in [0.29, 0.717) is 0 Å². The molecule has 2 heterocycles. The summed E-state index contributed by atoms with van der Waals surface area (Å²) in [6, 6.07) is 11.8. The number of hydrogen-bond donors (Lipinski definition) is 0. The highest BCUT2D eigenvalue weighted by atomic mass is 16.1. The molecular formula is C20H24N4O. The fourth-order valence-electron chi connectivity index (χ4n) is 2.88. The molecule has 3 rings (SSSR count). The fraction of sp³-hybridized carbons (Fsp3) is 0.300. The van der Waals surface area contributed by atoms with Crippen LogP contribution in [0, 0.1) is 0 Å². The third-order valence-electron chi connectivity index (χ3n) is 4.45. The number of piperazine rings is 1. The predicted octanol–water partition coefficient (Wildman–Crippen LogP) is 2.67. The second-order valence-electron chi connectivity index (χ2n) is 6.35. The first kappa shape index (κ1) is 17.0. The molecule has 0 bridgehead atoms. The number of ketones is 1. The molecule has 0 unspecified atom stereocenters. The Kier molecular flexibility index (Phi) is 5.33. The Morgan fingerprint density at radius 3 is 2.24 bits per heavy atom. The van der Waals surface area contributed by atoms with Crippen molar-refractivity contribution in [1.29, 1.82) is 0 Å². The average molecular weight is 336 g/mol. The van der Waals surface area contributed by atoms with Crippen molar-refractivity contribution in [2.75, 3.05) is 50.1 Å². The summed E-state index contributed by atoms with van der Waals surface area (Å²) in [6.07, 6.45) is 7.24. The Labute approximate surface area is 149 Å². The van der Waals surface area contributed by atoms with Gasteiger partial charge in [-0.25, -0.2) is 0 Å². The summed E-state index contributed by atoms with van der Waals surface area (Å²) in [5.41, 5.74) is 3.01. The molecule has 0 spiro atoms. The van der Waals surface area contributed by atoms with E-state index in [9.17, 15) is 4.79 Å². The van der Waals surface area contributed by atoms with Crippen molar-refractivity contribution >= 4 is 17.2 Å². The van der Waals surface area contributed by atoms with Gasteiger partial charge in [-0.1, -0.05) is 0 Å². The number of nitrogens with zero attached hydrogens (tertiary/aromatic N) is 4. The normalized spacial score (nSPS) is 14.8. The van der Waals surface area contributed by atoms with Gasteiger partial charge in [-0.15, -0.1) is 0 Å². The number of anilines is 2. The lowest BCUT2D eigenvalue weighted by atomic mass is 10.1. The summed E-state index contributed by atoms with van der Waals surface area (Å²) < 4.78 is 0. The Bertz CT molecular complexity index is 717. The molecule has 1 fully saturated rings. The number of aromatic nitrogens is 1. The standard InChI is InChI=1S/C20H24N4O/c1-22(2)18-5-3-17(4-6-18)20(25)9-12-23-13-15-24(16-14-23)19-7-10-21-11-8-19/h3-12H,13-16H2,1-2H3. The summed E-state index contributed by atoms with van der Waals surface area (Å²) in [5.74, 6) is 0.0434. The summed E-state index contributed by atoms with van der Waals surface area (Å²) in [7, 11) is 3.98. The van der Waals surface area contributed by atoms with Crippen LogP contribution >= 0.6 is 0 Å². The third kappa shape index (κ3) is 4.38. The topological polar surface area (TPSA) is 39.7 Å². The molecule has 0 radical (unpaired) electrons. The lowest BCUT2D eigenvalue weighted by Crippen LogP contribution is -2.44. The van der Waals surface area contributed by atoms with Gasteiger partial charge in [-0.2, -0.15) is 0 Å². The van der Waals surface area contributed by atoms with Crippen LogP contribution in [0.4, 0.5) is 11.4 Å². The van der Waals surface area contributed by atoms with E-state index in [1.807, 2.05) is 74.0 Å². The zero-order valence-electron chi connectivity index (χ0n) is 14.8. The molecule has 0 atom stereocenters. The van der Waals surface area contributed by atoms with Crippen LogP contribution in [0.15, 0.2) is 61.1 Å². The van der Waals surface area contributed by atoms with Crippen LogP contribution in [0.5, 0.6) is 0 Å². The fourth-order valence-corrected chi connectivity index (χ4v) is 2.88.